The van der Waals surface area contributed by atoms with Crippen molar-refractivity contribution in [1.82, 2.24) is 9.97 Å². The fourth-order valence-electron chi connectivity index (χ4n) is 3.80. The second-order valence-corrected chi connectivity index (χ2v) is 8.87. The molecule has 10 nitrogen and oxygen atoms in total. The third kappa shape index (κ3) is 7.81. The maximum absolute atomic E-state index is 12.0. The van der Waals surface area contributed by atoms with Gasteiger partial charge < -0.3 is 20.8 Å². The maximum Gasteiger partial charge on any atom is 0.303 e. The highest BCUT2D eigenvalue weighted by Gasteiger charge is 2.12. The molecule has 2 amide bonds. The van der Waals surface area contributed by atoms with Gasteiger partial charge in [-0.2, -0.15) is 0 Å². The van der Waals surface area contributed by atoms with Crippen LogP contribution in [0.4, 0.5) is 11.4 Å². The Labute approximate surface area is 229 Å². The number of nitrogens with zero attached hydrogens (tertiary/aromatic N) is 2. The van der Waals surface area contributed by atoms with Crippen molar-refractivity contribution in [2.45, 2.75) is 25.7 Å². The standard InChI is InChI=1S/C30H26N4O6/c35-26(14-16-28(37)38)31-22-10-6-20(7-11-22)25-18-24(19-4-2-1-3-5-19)33-30(34-25)21-8-12-23(13-9-21)32-27(36)15-17-29(39)40/h1-13,18H,14-17H2,(H,31,35)(H,32,36)(H,37,38)(H,39,40). The molecule has 202 valence electrons. The Bertz CT molecular complexity index is 1430. The number of carbonyl (C=O) groups excluding carboxylic acids is 2. The molecular formula is C30H26N4O6. The quantitative estimate of drug-likeness (QED) is 0.206. The highest BCUT2D eigenvalue weighted by atomic mass is 16.4. The predicted molar refractivity (Wildman–Crippen MR) is 149 cm³/mol. The first-order chi connectivity index (χ1) is 19.3. The molecule has 0 aliphatic heterocycles. The SMILES string of the molecule is O=C(O)CCC(=O)Nc1ccc(-c2cc(-c3ccccc3)nc(-c3ccc(NC(=O)CCC(=O)O)cc3)n2)cc1. The van der Waals surface area contributed by atoms with Gasteiger partial charge in [-0.15, -0.1) is 0 Å². The summed E-state index contributed by atoms with van der Waals surface area (Å²) in [5.74, 6) is -2.37. The van der Waals surface area contributed by atoms with Gasteiger partial charge in [-0.1, -0.05) is 42.5 Å². The van der Waals surface area contributed by atoms with Crippen LogP contribution in [-0.4, -0.2) is 43.9 Å². The van der Waals surface area contributed by atoms with E-state index in [-0.39, 0.29) is 37.5 Å². The van der Waals surface area contributed by atoms with Crippen molar-refractivity contribution in [2.24, 2.45) is 0 Å². The number of hydrogen-bond donors (Lipinski definition) is 4. The molecule has 0 saturated heterocycles. The smallest absolute Gasteiger partial charge is 0.303 e. The molecule has 0 saturated carbocycles. The van der Waals surface area contributed by atoms with Crippen molar-refractivity contribution < 1.29 is 29.4 Å². The molecule has 0 fully saturated rings. The van der Waals surface area contributed by atoms with Crippen molar-refractivity contribution in [3.63, 3.8) is 0 Å². The maximum atomic E-state index is 12.0. The molecule has 10 heteroatoms. The van der Waals surface area contributed by atoms with Crippen LogP contribution in [-0.2, 0) is 19.2 Å². The summed E-state index contributed by atoms with van der Waals surface area (Å²) in [6.45, 7) is 0. The van der Waals surface area contributed by atoms with E-state index in [1.807, 2.05) is 48.5 Å². The van der Waals surface area contributed by atoms with Gasteiger partial charge in [0.05, 0.1) is 24.2 Å². The molecule has 0 aliphatic rings. The van der Waals surface area contributed by atoms with Crippen LogP contribution in [0.2, 0.25) is 0 Å². The van der Waals surface area contributed by atoms with E-state index in [0.29, 0.717) is 34.2 Å². The Morgan fingerprint density at radius 2 is 0.975 bits per heavy atom. The lowest BCUT2D eigenvalue weighted by Gasteiger charge is -2.11. The van der Waals surface area contributed by atoms with Crippen LogP contribution in [0.3, 0.4) is 0 Å². The molecule has 40 heavy (non-hydrogen) atoms. The third-order valence-corrected chi connectivity index (χ3v) is 5.82. The summed E-state index contributed by atoms with van der Waals surface area (Å²) in [7, 11) is 0. The van der Waals surface area contributed by atoms with Crippen LogP contribution in [0.15, 0.2) is 84.9 Å². The average Bonchev–Trinajstić information content (AvgIpc) is 2.96. The van der Waals surface area contributed by atoms with Crippen molar-refractivity contribution in [3.05, 3.63) is 84.9 Å². The number of amides is 2. The molecule has 0 radical (unpaired) electrons. The zero-order valence-electron chi connectivity index (χ0n) is 21.3. The minimum absolute atomic E-state index is 0.113. The van der Waals surface area contributed by atoms with Crippen LogP contribution in [0.1, 0.15) is 25.7 Å². The van der Waals surface area contributed by atoms with Gasteiger partial charge in [0.2, 0.25) is 11.8 Å². The fourth-order valence-corrected chi connectivity index (χ4v) is 3.80. The van der Waals surface area contributed by atoms with Gasteiger partial charge in [-0.3, -0.25) is 19.2 Å². The lowest BCUT2D eigenvalue weighted by atomic mass is 10.1. The molecule has 0 aliphatic carbocycles. The number of nitrogens with one attached hydrogen (secondary N) is 2. The van der Waals surface area contributed by atoms with E-state index in [4.69, 9.17) is 20.2 Å². The molecule has 0 unspecified atom stereocenters. The molecule has 0 atom stereocenters. The number of carboxylic acid groups (broad SMARTS) is 2. The first kappa shape index (κ1) is 27.6. The number of carboxylic acids is 2. The number of benzene rings is 3. The number of anilines is 2. The van der Waals surface area contributed by atoms with Gasteiger partial charge >= 0.3 is 11.9 Å². The second-order valence-electron chi connectivity index (χ2n) is 8.87. The first-order valence-electron chi connectivity index (χ1n) is 12.5. The highest BCUT2D eigenvalue weighted by Crippen LogP contribution is 2.28. The van der Waals surface area contributed by atoms with Gasteiger partial charge in [-0.05, 0) is 42.5 Å². The lowest BCUT2D eigenvalue weighted by Crippen LogP contribution is -2.13. The second kappa shape index (κ2) is 12.9. The number of carbonyl (C=O) groups is 4. The third-order valence-electron chi connectivity index (χ3n) is 5.82. The van der Waals surface area contributed by atoms with Gasteiger partial charge in [0.1, 0.15) is 0 Å². The Kier molecular flexibility index (Phi) is 8.93. The first-order valence-corrected chi connectivity index (χ1v) is 12.5. The van der Waals surface area contributed by atoms with E-state index in [1.54, 1.807) is 36.4 Å². The summed E-state index contributed by atoms with van der Waals surface area (Å²) in [5.41, 5.74) is 4.82. The predicted octanol–water partition coefficient (Wildman–Crippen LogP) is 5.08. The van der Waals surface area contributed by atoms with E-state index < -0.39 is 11.9 Å². The molecule has 1 aromatic heterocycles. The van der Waals surface area contributed by atoms with Crippen LogP contribution in [0, 0.1) is 0 Å². The zero-order valence-corrected chi connectivity index (χ0v) is 21.3. The summed E-state index contributed by atoms with van der Waals surface area (Å²) in [5, 5.41) is 22.9. The molecule has 0 spiro atoms. The molecule has 4 N–H and O–H groups in total. The number of aliphatic carboxylic acids is 2. The normalized spacial score (nSPS) is 10.5. The monoisotopic (exact) mass is 538 g/mol. The molecule has 3 aromatic carbocycles. The van der Waals surface area contributed by atoms with Crippen molar-refractivity contribution in [1.29, 1.82) is 0 Å². The Morgan fingerprint density at radius 3 is 1.43 bits per heavy atom. The van der Waals surface area contributed by atoms with E-state index in [1.165, 1.54) is 0 Å². The largest absolute Gasteiger partial charge is 0.481 e. The molecule has 0 bridgehead atoms. The van der Waals surface area contributed by atoms with Crippen molar-refractivity contribution >= 4 is 35.1 Å². The minimum atomic E-state index is -1.04. The van der Waals surface area contributed by atoms with Gasteiger partial charge in [0, 0.05) is 40.9 Å². The molecule has 4 rings (SSSR count). The lowest BCUT2D eigenvalue weighted by molar-refractivity contribution is -0.138. The Morgan fingerprint density at radius 1 is 0.550 bits per heavy atom. The van der Waals surface area contributed by atoms with Gasteiger partial charge in [0.25, 0.3) is 0 Å². The van der Waals surface area contributed by atoms with Crippen molar-refractivity contribution in [3.8, 4) is 33.9 Å². The Hall–Kier alpha value is -5.38. The van der Waals surface area contributed by atoms with Crippen LogP contribution < -0.4 is 10.6 Å². The van der Waals surface area contributed by atoms with E-state index in [2.05, 4.69) is 10.6 Å². The number of rotatable bonds is 11. The van der Waals surface area contributed by atoms with Crippen LogP contribution in [0.25, 0.3) is 33.9 Å². The van der Waals surface area contributed by atoms with Crippen LogP contribution in [0.5, 0.6) is 0 Å². The topological polar surface area (TPSA) is 159 Å². The summed E-state index contributed by atoms with van der Waals surface area (Å²) >= 11 is 0. The summed E-state index contributed by atoms with van der Waals surface area (Å²) in [4.78, 5) is 54.9. The molecular weight excluding hydrogens is 512 g/mol. The van der Waals surface area contributed by atoms with Gasteiger partial charge in [0.15, 0.2) is 5.82 Å². The van der Waals surface area contributed by atoms with Crippen molar-refractivity contribution in [2.75, 3.05) is 10.6 Å². The molecule has 4 aromatic rings. The summed E-state index contributed by atoms with van der Waals surface area (Å²) < 4.78 is 0. The number of hydrogen-bond acceptors (Lipinski definition) is 6. The fraction of sp³-hybridized carbons (Fsp3) is 0.133. The summed E-state index contributed by atoms with van der Waals surface area (Å²) in [6, 6.07) is 25.5. The van der Waals surface area contributed by atoms with E-state index >= 15 is 0 Å². The summed E-state index contributed by atoms with van der Waals surface area (Å²) in [6.07, 6.45) is -0.718. The van der Waals surface area contributed by atoms with E-state index in [0.717, 1.165) is 11.1 Å². The average molecular weight is 539 g/mol. The Balaban J connectivity index is 1.59. The number of aromatic nitrogens is 2. The van der Waals surface area contributed by atoms with E-state index in [9.17, 15) is 19.2 Å². The van der Waals surface area contributed by atoms with Crippen LogP contribution >= 0.6 is 0 Å². The van der Waals surface area contributed by atoms with Gasteiger partial charge in [-0.25, -0.2) is 9.97 Å². The zero-order chi connectivity index (χ0) is 28.5. The highest BCUT2D eigenvalue weighted by molar-refractivity contribution is 5.93. The molecule has 1 heterocycles. The minimum Gasteiger partial charge on any atom is -0.481 e.